The first kappa shape index (κ1) is 8.47. The third-order valence-corrected chi connectivity index (χ3v) is 4.66. The standard InChI is InChI=1S/C7H4Br2N2S/c8-3-1-2-4-6(5(3)9)12-7(10)11-4/h1-2H,(H2,10,11). The highest BCUT2D eigenvalue weighted by atomic mass is 79.9. The highest BCUT2D eigenvalue weighted by Crippen LogP contribution is 2.35. The van der Waals surface area contributed by atoms with Crippen molar-refractivity contribution in [1.82, 2.24) is 4.98 Å². The van der Waals surface area contributed by atoms with Gasteiger partial charge in [0, 0.05) is 4.47 Å². The van der Waals surface area contributed by atoms with E-state index in [0.29, 0.717) is 5.13 Å². The minimum atomic E-state index is 0.601. The van der Waals surface area contributed by atoms with Crippen molar-refractivity contribution in [3.63, 3.8) is 0 Å². The van der Waals surface area contributed by atoms with Crippen LogP contribution in [0.2, 0.25) is 0 Å². The molecule has 5 heteroatoms. The van der Waals surface area contributed by atoms with Gasteiger partial charge in [-0.3, -0.25) is 0 Å². The Morgan fingerprint density at radius 2 is 2.08 bits per heavy atom. The molecule has 0 aliphatic carbocycles. The smallest absolute Gasteiger partial charge is 0.181 e. The van der Waals surface area contributed by atoms with Crippen molar-refractivity contribution in [1.29, 1.82) is 0 Å². The maximum Gasteiger partial charge on any atom is 0.181 e. The SMILES string of the molecule is Nc1nc2ccc(Br)c(Br)c2s1. The van der Waals surface area contributed by atoms with E-state index < -0.39 is 0 Å². The molecule has 1 heterocycles. The summed E-state index contributed by atoms with van der Waals surface area (Å²) in [7, 11) is 0. The Labute approximate surface area is 90.0 Å². The van der Waals surface area contributed by atoms with Crippen LogP contribution < -0.4 is 5.73 Å². The number of aromatic nitrogens is 1. The number of thiazole rings is 1. The maximum atomic E-state index is 5.58. The summed E-state index contributed by atoms with van der Waals surface area (Å²) in [5.74, 6) is 0. The summed E-state index contributed by atoms with van der Waals surface area (Å²) in [5.41, 5.74) is 6.52. The van der Waals surface area contributed by atoms with E-state index in [4.69, 9.17) is 5.73 Å². The van der Waals surface area contributed by atoms with Crippen LogP contribution in [0.3, 0.4) is 0 Å². The lowest BCUT2D eigenvalue weighted by molar-refractivity contribution is 1.49. The molecule has 0 bridgehead atoms. The van der Waals surface area contributed by atoms with Gasteiger partial charge in [-0.05, 0) is 44.0 Å². The first-order chi connectivity index (χ1) is 5.68. The highest BCUT2D eigenvalue weighted by molar-refractivity contribution is 9.13. The molecule has 2 rings (SSSR count). The fourth-order valence-electron chi connectivity index (χ4n) is 0.953. The molecule has 2 N–H and O–H groups in total. The number of nitrogens with zero attached hydrogens (tertiary/aromatic N) is 1. The summed E-state index contributed by atoms with van der Waals surface area (Å²) >= 11 is 8.36. The molecule has 62 valence electrons. The van der Waals surface area contributed by atoms with E-state index in [2.05, 4.69) is 36.8 Å². The molecule has 0 saturated carbocycles. The molecule has 12 heavy (non-hydrogen) atoms. The van der Waals surface area contributed by atoms with E-state index in [-0.39, 0.29) is 0 Å². The zero-order chi connectivity index (χ0) is 8.72. The Balaban J connectivity index is 2.89. The molecule has 0 radical (unpaired) electrons. The van der Waals surface area contributed by atoms with Gasteiger partial charge in [-0.2, -0.15) is 0 Å². The van der Waals surface area contributed by atoms with Gasteiger partial charge >= 0.3 is 0 Å². The maximum absolute atomic E-state index is 5.58. The molecule has 0 amide bonds. The number of nitrogen functional groups attached to an aromatic ring is 1. The van der Waals surface area contributed by atoms with E-state index in [9.17, 15) is 0 Å². The number of nitrogens with two attached hydrogens (primary N) is 1. The van der Waals surface area contributed by atoms with Crippen LogP contribution in [0.4, 0.5) is 5.13 Å². The van der Waals surface area contributed by atoms with Crippen LogP contribution in [0.25, 0.3) is 10.2 Å². The minimum absolute atomic E-state index is 0.601. The number of anilines is 1. The van der Waals surface area contributed by atoms with Gasteiger partial charge in [0.05, 0.1) is 14.7 Å². The second-order valence-corrected chi connectivity index (χ2v) is 4.94. The molecule has 0 aliphatic rings. The Morgan fingerprint density at radius 1 is 1.33 bits per heavy atom. The van der Waals surface area contributed by atoms with Crippen molar-refractivity contribution in [3.05, 3.63) is 21.1 Å². The van der Waals surface area contributed by atoms with E-state index >= 15 is 0 Å². The molecule has 0 aliphatic heterocycles. The zero-order valence-corrected chi connectivity index (χ0v) is 9.83. The molecule has 0 atom stereocenters. The quantitative estimate of drug-likeness (QED) is 0.810. The molecule has 2 nitrogen and oxygen atoms in total. The average Bonchev–Trinajstić information content (AvgIpc) is 2.39. The van der Waals surface area contributed by atoms with E-state index in [0.717, 1.165) is 19.2 Å². The number of halogens is 2. The molecular formula is C7H4Br2N2S. The number of hydrogen-bond donors (Lipinski definition) is 1. The Kier molecular flexibility index (Phi) is 2.10. The molecule has 1 aromatic carbocycles. The van der Waals surface area contributed by atoms with Gasteiger partial charge in [0.1, 0.15) is 0 Å². The van der Waals surface area contributed by atoms with Crippen molar-refractivity contribution < 1.29 is 0 Å². The van der Waals surface area contributed by atoms with Gasteiger partial charge in [0.15, 0.2) is 5.13 Å². The Bertz CT molecular complexity index is 438. The summed E-state index contributed by atoms with van der Waals surface area (Å²) in [6.07, 6.45) is 0. The number of benzene rings is 1. The van der Waals surface area contributed by atoms with Gasteiger partial charge in [-0.1, -0.05) is 11.3 Å². The van der Waals surface area contributed by atoms with Crippen molar-refractivity contribution in [2.75, 3.05) is 5.73 Å². The van der Waals surface area contributed by atoms with Crippen LogP contribution in [0, 0.1) is 0 Å². The number of hydrogen-bond acceptors (Lipinski definition) is 3. The monoisotopic (exact) mass is 306 g/mol. The summed E-state index contributed by atoms with van der Waals surface area (Å²) < 4.78 is 3.13. The summed E-state index contributed by atoms with van der Waals surface area (Å²) in [4.78, 5) is 4.16. The van der Waals surface area contributed by atoms with Crippen LogP contribution >= 0.6 is 43.2 Å². The molecule has 0 spiro atoms. The van der Waals surface area contributed by atoms with Gasteiger partial charge in [-0.15, -0.1) is 0 Å². The molecule has 2 aromatic rings. The van der Waals surface area contributed by atoms with Crippen molar-refractivity contribution >= 4 is 58.5 Å². The van der Waals surface area contributed by atoms with E-state index in [1.165, 1.54) is 11.3 Å². The van der Waals surface area contributed by atoms with E-state index in [1.54, 1.807) is 0 Å². The Hall–Kier alpha value is -0.130. The van der Waals surface area contributed by atoms with Crippen LogP contribution in [0.1, 0.15) is 0 Å². The van der Waals surface area contributed by atoms with Crippen molar-refractivity contribution in [2.45, 2.75) is 0 Å². The Morgan fingerprint density at radius 3 is 2.83 bits per heavy atom. The normalized spacial score (nSPS) is 10.8. The number of rotatable bonds is 0. The summed E-state index contributed by atoms with van der Waals surface area (Å²) in [6.45, 7) is 0. The molecule has 0 unspecified atom stereocenters. The van der Waals surface area contributed by atoms with Gasteiger partial charge in [0.2, 0.25) is 0 Å². The topological polar surface area (TPSA) is 38.9 Å². The van der Waals surface area contributed by atoms with Gasteiger partial charge in [0.25, 0.3) is 0 Å². The molecular weight excluding hydrogens is 304 g/mol. The predicted molar refractivity (Wildman–Crippen MR) is 59.4 cm³/mol. The first-order valence-electron chi connectivity index (χ1n) is 3.18. The lowest BCUT2D eigenvalue weighted by atomic mass is 10.3. The van der Waals surface area contributed by atoms with Crippen LogP contribution in [-0.2, 0) is 0 Å². The lowest BCUT2D eigenvalue weighted by Gasteiger charge is -1.94. The molecule has 1 aromatic heterocycles. The van der Waals surface area contributed by atoms with Crippen molar-refractivity contribution in [3.8, 4) is 0 Å². The fourth-order valence-corrected chi connectivity index (χ4v) is 2.76. The van der Waals surface area contributed by atoms with Crippen LogP contribution in [0.5, 0.6) is 0 Å². The average molecular weight is 308 g/mol. The van der Waals surface area contributed by atoms with Crippen LogP contribution in [-0.4, -0.2) is 4.98 Å². The van der Waals surface area contributed by atoms with Gasteiger partial charge in [-0.25, -0.2) is 4.98 Å². The third kappa shape index (κ3) is 1.26. The highest BCUT2D eigenvalue weighted by Gasteiger charge is 2.06. The fraction of sp³-hybridized carbons (Fsp3) is 0. The number of fused-ring (bicyclic) bond motifs is 1. The molecule has 0 saturated heterocycles. The third-order valence-electron chi connectivity index (χ3n) is 1.47. The van der Waals surface area contributed by atoms with Gasteiger partial charge < -0.3 is 5.73 Å². The second-order valence-electron chi connectivity index (χ2n) is 2.26. The molecule has 0 fully saturated rings. The second kappa shape index (κ2) is 2.97. The largest absolute Gasteiger partial charge is 0.375 e. The van der Waals surface area contributed by atoms with Crippen LogP contribution in [0.15, 0.2) is 21.1 Å². The van der Waals surface area contributed by atoms with E-state index in [1.807, 2.05) is 12.1 Å². The predicted octanol–water partition coefficient (Wildman–Crippen LogP) is 3.40. The minimum Gasteiger partial charge on any atom is -0.375 e. The summed E-state index contributed by atoms with van der Waals surface area (Å²) in [6, 6.07) is 3.89. The van der Waals surface area contributed by atoms with Crippen molar-refractivity contribution in [2.24, 2.45) is 0 Å². The lowest BCUT2D eigenvalue weighted by Crippen LogP contribution is -1.78. The summed E-state index contributed by atoms with van der Waals surface area (Å²) in [5, 5.41) is 0.601. The first-order valence-corrected chi connectivity index (χ1v) is 5.59. The zero-order valence-electron chi connectivity index (χ0n) is 5.84.